The average Bonchev–Trinajstić information content (AvgIpc) is 2.42. The van der Waals surface area contributed by atoms with Gasteiger partial charge in [0.25, 0.3) is 0 Å². The molecule has 2 fully saturated rings. The van der Waals surface area contributed by atoms with Crippen LogP contribution in [0.1, 0.15) is 64.2 Å². The highest BCUT2D eigenvalue weighted by molar-refractivity contribution is 5.85. The Bertz CT molecular complexity index is 287. The molecule has 0 aromatic rings. The summed E-state index contributed by atoms with van der Waals surface area (Å²) in [5.74, 6) is 0.709. The summed E-state index contributed by atoms with van der Waals surface area (Å²) in [6.45, 7) is 0. The third-order valence-corrected chi connectivity index (χ3v) is 4.77. The van der Waals surface area contributed by atoms with Crippen LogP contribution in [-0.2, 0) is 4.79 Å². The third kappa shape index (κ3) is 5.58. The van der Waals surface area contributed by atoms with Gasteiger partial charge in [0.15, 0.2) is 0 Å². The van der Waals surface area contributed by atoms with Crippen LogP contribution in [0.3, 0.4) is 0 Å². The number of carbonyl (C=O) groups excluding carboxylic acids is 1. The second kappa shape index (κ2) is 8.85. The highest BCUT2D eigenvalue weighted by Crippen LogP contribution is 2.27. The first-order valence-corrected chi connectivity index (χ1v) is 7.96. The molecule has 118 valence electrons. The van der Waals surface area contributed by atoms with E-state index in [1.54, 1.807) is 0 Å². The van der Waals surface area contributed by atoms with E-state index in [1.165, 1.54) is 32.1 Å². The Balaban J connectivity index is 0.00000200. The van der Waals surface area contributed by atoms with E-state index in [1.807, 2.05) is 0 Å². The lowest BCUT2D eigenvalue weighted by molar-refractivity contribution is -0.123. The van der Waals surface area contributed by atoms with Gasteiger partial charge in [-0.3, -0.25) is 4.79 Å². The van der Waals surface area contributed by atoms with Crippen molar-refractivity contribution in [1.29, 1.82) is 0 Å². The lowest BCUT2D eigenvalue weighted by Gasteiger charge is -2.29. The molecule has 0 saturated heterocycles. The number of halogens is 1. The van der Waals surface area contributed by atoms with Crippen molar-refractivity contribution < 1.29 is 4.79 Å². The highest BCUT2D eigenvalue weighted by atomic mass is 35.5. The Labute approximate surface area is 128 Å². The van der Waals surface area contributed by atoms with Gasteiger partial charge in [-0.2, -0.15) is 0 Å². The molecular formula is C15H30ClN3O. The van der Waals surface area contributed by atoms with Crippen molar-refractivity contribution in [3.8, 4) is 0 Å². The molecular weight excluding hydrogens is 274 g/mol. The second-order valence-corrected chi connectivity index (χ2v) is 6.47. The van der Waals surface area contributed by atoms with Gasteiger partial charge >= 0.3 is 0 Å². The van der Waals surface area contributed by atoms with Crippen molar-refractivity contribution in [2.45, 2.75) is 82.3 Å². The number of carbonyl (C=O) groups is 1. The maximum absolute atomic E-state index is 12.1. The van der Waals surface area contributed by atoms with Crippen LogP contribution in [0.5, 0.6) is 0 Å². The minimum Gasteiger partial charge on any atom is -0.352 e. The van der Waals surface area contributed by atoms with E-state index in [9.17, 15) is 4.79 Å². The van der Waals surface area contributed by atoms with Gasteiger partial charge in [-0.25, -0.2) is 0 Å². The summed E-state index contributed by atoms with van der Waals surface area (Å²) in [7, 11) is 0. The molecule has 0 heterocycles. The monoisotopic (exact) mass is 303 g/mol. The fraction of sp³-hybridized carbons (Fsp3) is 0.933. The van der Waals surface area contributed by atoms with E-state index in [0.717, 1.165) is 32.1 Å². The van der Waals surface area contributed by atoms with E-state index in [-0.39, 0.29) is 24.4 Å². The van der Waals surface area contributed by atoms with E-state index >= 15 is 0 Å². The fourth-order valence-corrected chi connectivity index (χ4v) is 3.46. The van der Waals surface area contributed by atoms with Crippen molar-refractivity contribution in [1.82, 2.24) is 5.32 Å². The average molecular weight is 304 g/mol. The van der Waals surface area contributed by atoms with Gasteiger partial charge in [0.05, 0.1) is 6.04 Å². The summed E-state index contributed by atoms with van der Waals surface area (Å²) in [4.78, 5) is 12.1. The molecule has 2 rings (SSSR count). The fourth-order valence-electron chi connectivity index (χ4n) is 3.46. The highest BCUT2D eigenvalue weighted by Gasteiger charge is 2.25. The Kier molecular flexibility index (Phi) is 7.85. The molecule has 2 aliphatic rings. The summed E-state index contributed by atoms with van der Waals surface area (Å²) in [6, 6.07) is 0.299. The van der Waals surface area contributed by atoms with Gasteiger partial charge in [0, 0.05) is 12.1 Å². The molecule has 20 heavy (non-hydrogen) atoms. The lowest BCUT2D eigenvalue weighted by atomic mass is 9.84. The number of amides is 1. The van der Waals surface area contributed by atoms with Gasteiger partial charge in [-0.05, 0) is 38.0 Å². The molecule has 0 bridgehead atoms. The van der Waals surface area contributed by atoms with Crippen LogP contribution in [-0.4, -0.2) is 24.0 Å². The van der Waals surface area contributed by atoms with Crippen LogP contribution in [0.25, 0.3) is 0 Å². The van der Waals surface area contributed by atoms with Gasteiger partial charge in [-0.1, -0.05) is 32.1 Å². The minimum absolute atomic E-state index is 0. The second-order valence-electron chi connectivity index (χ2n) is 6.47. The first-order chi connectivity index (χ1) is 9.15. The molecule has 1 amide bonds. The number of nitrogens with one attached hydrogen (secondary N) is 1. The zero-order valence-electron chi connectivity index (χ0n) is 12.4. The summed E-state index contributed by atoms with van der Waals surface area (Å²) < 4.78 is 0. The Morgan fingerprint density at radius 2 is 1.65 bits per heavy atom. The molecule has 5 N–H and O–H groups in total. The molecule has 5 heteroatoms. The van der Waals surface area contributed by atoms with E-state index in [2.05, 4.69) is 5.32 Å². The van der Waals surface area contributed by atoms with Gasteiger partial charge in [-0.15, -0.1) is 12.4 Å². The summed E-state index contributed by atoms with van der Waals surface area (Å²) >= 11 is 0. The topological polar surface area (TPSA) is 81.1 Å². The summed E-state index contributed by atoms with van der Waals surface area (Å²) in [5.41, 5.74) is 11.9. The molecule has 0 aromatic heterocycles. The quantitative estimate of drug-likeness (QED) is 0.744. The van der Waals surface area contributed by atoms with Crippen molar-refractivity contribution in [2.24, 2.45) is 17.4 Å². The van der Waals surface area contributed by atoms with E-state index < -0.39 is 0 Å². The van der Waals surface area contributed by atoms with E-state index in [0.29, 0.717) is 18.0 Å². The molecule has 4 nitrogen and oxygen atoms in total. The van der Waals surface area contributed by atoms with Crippen molar-refractivity contribution >= 4 is 18.3 Å². The molecule has 0 radical (unpaired) electrons. The van der Waals surface area contributed by atoms with Crippen LogP contribution in [0, 0.1) is 5.92 Å². The molecule has 2 saturated carbocycles. The lowest BCUT2D eigenvalue weighted by Crippen LogP contribution is -2.48. The molecule has 0 aromatic carbocycles. The van der Waals surface area contributed by atoms with Crippen LogP contribution in [0.15, 0.2) is 0 Å². The van der Waals surface area contributed by atoms with Crippen LogP contribution in [0.2, 0.25) is 0 Å². The largest absolute Gasteiger partial charge is 0.352 e. The predicted molar refractivity (Wildman–Crippen MR) is 84.8 cm³/mol. The number of rotatable bonds is 4. The van der Waals surface area contributed by atoms with Crippen LogP contribution < -0.4 is 16.8 Å². The Hall–Kier alpha value is -0.320. The molecule has 1 atom stereocenters. The van der Waals surface area contributed by atoms with E-state index in [4.69, 9.17) is 11.5 Å². The smallest absolute Gasteiger partial charge is 0.237 e. The zero-order valence-corrected chi connectivity index (χ0v) is 13.2. The van der Waals surface area contributed by atoms with Crippen LogP contribution >= 0.6 is 12.4 Å². The number of hydrogen-bond acceptors (Lipinski definition) is 3. The molecule has 2 aliphatic carbocycles. The number of nitrogens with two attached hydrogens (primary N) is 2. The van der Waals surface area contributed by atoms with Crippen molar-refractivity contribution in [2.75, 3.05) is 0 Å². The standard InChI is InChI=1S/C15H29N3O.ClH/c16-12-6-8-13(9-7-12)18-15(19)14(17)10-11-4-2-1-3-5-11;/h11-14H,1-10,16-17H2,(H,18,19);1H. The van der Waals surface area contributed by atoms with Crippen molar-refractivity contribution in [3.05, 3.63) is 0 Å². The molecule has 1 unspecified atom stereocenters. The van der Waals surface area contributed by atoms with Gasteiger partial charge in [0.1, 0.15) is 0 Å². The summed E-state index contributed by atoms with van der Waals surface area (Å²) in [5, 5.41) is 3.11. The van der Waals surface area contributed by atoms with Gasteiger partial charge < -0.3 is 16.8 Å². The predicted octanol–water partition coefficient (Wildman–Crippen LogP) is 2.09. The summed E-state index contributed by atoms with van der Waals surface area (Å²) in [6.07, 6.45) is 11.4. The normalized spacial score (nSPS) is 29.3. The molecule has 0 spiro atoms. The number of hydrogen-bond donors (Lipinski definition) is 3. The Morgan fingerprint density at radius 3 is 2.25 bits per heavy atom. The zero-order chi connectivity index (χ0) is 13.7. The maximum atomic E-state index is 12.1. The van der Waals surface area contributed by atoms with Crippen LogP contribution in [0.4, 0.5) is 0 Å². The SMILES string of the molecule is Cl.NC1CCC(NC(=O)C(N)CC2CCCCC2)CC1. The first-order valence-electron chi connectivity index (χ1n) is 7.96. The first kappa shape index (κ1) is 17.7. The Morgan fingerprint density at radius 1 is 1.05 bits per heavy atom. The third-order valence-electron chi connectivity index (χ3n) is 4.77. The van der Waals surface area contributed by atoms with Crippen molar-refractivity contribution in [3.63, 3.8) is 0 Å². The molecule has 0 aliphatic heterocycles. The minimum atomic E-state index is -0.321. The van der Waals surface area contributed by atoms with Gasteiger partial charge in [0.2, 0.25) is 5.91 Å². The maximum Gasteiger partial charge on any atom is 0.237 e.